The second kappa shape index (κ2) is 9.72. The fourth-order valence-corrected chi connectivity index (χ4v) is 7.22. The zero-order valence-electron chi connectivity index (χ0n) is 19.7. The number of aliphatic carboxylic acids is 1. The predicted molar refractivity (Wildman–Crippen MR) is 119 cm³/mol. The van der Waals surface area contributed by atoms with Crippen LogP contribution in [0.2, 0.25) is 0 Å². The number of unbranched alkanes of at least 4 members (excludes halogenated alkanes) is 2. The highest BCUT2D eigenvalue weighted by Crippen LogP contribution is 2.70. The summed E-state index contributed by atoms with van der Waals surface area (Å²) in [5, 5.41) is 10.5. The van der Waals surface area contributed by atoms with Gasteiger partial charge in [0.1, 0.15) is 17.9 Å². The van der Waals surface area contributed by atoms with E-state index < -0.39 is 23.0 Å². The van der Waals surface area contributed by atoms with Crippen molar-refractivity contribution in [3.05, 3.63) is 11.6 Å². The monoisotopic (exact) mass is 436 g/mol. The molecule has 176 valence electrons. The van der Waals surface area contributed by atoms with E-state index in [1.54, 1.807) is 0 Å². The number of allylic oxidation sites excluding steroid dienone is 1. The number of ether oxygens (including phenoxy) is 1. The quantitative estimate of drug-likeness (QED) is 0.237. The van der Waals surface area contributed by atoms with Crippen LogP contribution in [0, 0.1) is 40.4 Å². The first-order valence-corrected chi connectivity index (χ1v) is 12.4. The minimum Gasteiger partial charge on any atom is -0.481 e. The van der Waals surface area contributed by atoms with E-state index in [0.29, 0.717) is 25.9 Å². The molecule has 4 nitrogen and oxygen atoms in total. The van der Waals surface area contributed by atoms with Crippen LogP contribution in [0.4, 0.5) is 4.39 Å². The number of carboxylic acid groups (broad SMARTS) is 1. The third kappa shape index (κ3) is 4.00. The molecule has 0 aliphatic heterocycles. The van der Waals surface area contributed by atoms with Crippen molar-refractivity contribution in [2.45, 2.75) is 85.2 Å². The van der Waals surface area contributed by atoms with Gasteiger partial charge in [0.15, 0.2) is 0 Å². The number of alkyl halides is 1. The summed E-state index contributed by atoms with van der Waals surface area (Å²) >= 11 is 0. The highest BCUT2D eigenvalue weighted by molar-refractivity contribution is 5.88. The van der Waals surface area contributed by atoms with E-state index in [0.717, 1.165) is 50.6 Å². The lowest BCUT2D eigenvalue weighted by molar-refractivity contribution is -0.160. The van der Waals surface area contributed by atoms with E-state index in [4.69, 9.17) is 4.74 Å². The lowest BCUT2D eigenvalue weighted by Gasteiger charge is -2.48. The van der Waals surface area contributed by atoms with Crippen LogP contribution in [-0.4, -0.2) is 36.7 Å². The third-order valence-electron chi connectivity index (χ3n) is 8.69. The minimum atomic E-state index is -1.16. The number of carbonyl (C=O) groups excluding carboxylic acids is 1. The average molecular weight is 437 g/mol. The van der Waals surface area contributed by atoms with Gasteiger partial charge in [-0.05, 0) is 68.1 Å². The number of fused-ring (bicyclic) bond motifs is 2. The first-order valence-electron chi connectivity index (χ1n) is 12.4. The Hall–Kier alpha value is -1.23. The Morgan fingerprint density at radius 3 is 2.61 bits per heavy atom. The largest absolute Gasteiger partial charge is 0.481 e. The second-order valence-corrected chi connectivity index (χ2v) is 10.7. The van der Waals surface area contributed by atoms with Crippen LogP contribution in [0.3, 0.4) is 0 Å². The summed E-state index contributed by atoms with van der Waals surface area (Å²) in [6, 6.07) is 0. The predicted octanol–water partition coefficient (Wildman–Crippen LogP) is 5.85. The molecule has 0 spiro atoms. The van der Waals surface area contributed by atoms with Gasteiger partial charge in [0, 0.05) is 18.6 Å². The lowest BCUT2D eigenvalue weighted by Crippen LogP contribution is -2.53. The third-order valence-corrected chi connectivity index (χ3v) is 8.69. The number of hydrogen-bond acceptors (Lipinski definition) is 3. The Morgan fingerprint density at radius 2 is 2.00 bits per heavy atom. The van der Waals surface area contributed by atoms with Gasteiger partial charge >= 0.3 is 5.97 Å². The fourth-order valence-electron chi connectivity index (χ4n) is 7.22. The first kappa shape index (κ1) is 24.4. The molecular formula is C26H41FO4. The number of halogens is 1. The van der Waals surface area contributed by atoms with E-state index in [-0.39, 0.29) is 29.6 Å². The van der Waals surface area contributed by atoms with Crippen molar-refractivity contribution in [2.75, 3.05) is 13.2 Å². The molecule has 2 fully saturated rings. The molecule has 0 heterocycles. The van der Waals surface area contributed by atoms with Crippen LogP contribution in [0.25, 0.3) is 0 Å². The molecule has 5 unspecified atom stereocenters. The van der Waals surface area contributed by atoms with Gasteiger partial charge in [-0.1, -0.05) is 52.2 Å². The molecule has 2 saturated carbocycles. The molecule has 5 heteroatoms. The number of rotatable bonds is 12. The van der Waals surface area contributed by atoms with Crippen LogP contribution in [-0.2, 0) is 14.3 Å². The molecule has 1 N–H and O–H groups in total. The van der Waals surface area contributed by atoms with Gasteiger partial charge in [0.05, 0.1) is 0 Å². The molecule has 7 atom stereocenters. The van der Waals surface area contributed by atoms with Gasteiger partial charge in [-0.15, -0.1) is 0 Å². The zero-order chi connectivity index (χ0) is 22.8. The fraction of sp³-hybridized carbons (Fsp3) is 0.846. The van der Waals surface area contributed by atoms with Crippen LogP contribution >= 0.6 is 0 Å². The molecule has 0 aromatic heterocycles. The smallest absolute Gasteiger partial charge is 0.314 e. The topological polar surface area (TPSA) is 63.6 Å². The maximum Gasteiger partial charge on any atom is 0.314 e. The molecule has 3 aliphatic carbocycles. The van der Waals surface area contributed by atoms with Crippen molar-refractivity contribution in [3.63, 3.8) is 0 Å². The zero-order valence-corrected chi connectivity index (χ0v) is 19.7. The minimum absolute atomic E-state index is 0.0415. The highest BCUT2D eigenvalue weighted by atomic mass is 19.1. The molecule has 3 rings (SSSR count). The Kier molecular flexibility index (Phi) is 7.66. The average Bonchev–Trinajstić information content (AvgIpc) is 3.37. The molecule has 0 saturated heterocycles. The van der Waals surface area contributed by atoms with Crippen LogP contribution in [0.15, 0.2) is 11.6 Å². The van der Waals surface area contributed by atoms with Gasteiger partial charge in [-0.3, -0.25) is 4.79 Å². The molecule has 0 amide bonds. The summed E-state index contributed by atoms with van der Waals surface area (Å²) in [5.41, 5.74) is -1.26. The van der Waals surface area contributed by atoms with E-state index in [2.05, 4.69) is 13.0 Å². The molecule has 0 aromatic rings. The molecule has 31 heavy (non-hydrogen) atoms. The van der Waals surface area contributed by atoms with E-state index >= 15 is 4.39 Å². The van der Waals surface area contributed by atoms with Crippen LogP contribution in [0.5, 0.6) is 0 Å². The van der Waals surface area contributed by atoms with Crippen molar-refractivity contribution < 1.29 is 23.8 Å². The lowest BCUT2D eigenvalue weighted by atomic mass is 9.52. The van der Waals surface area contributed by atoms with E-state index in [1.807, 2.05) is 20.8 Å². The molecule has 0 radical (unpaired) electrons. The number of carboxylic acids is 1. The van der Waals surface area contributed by atoms with Gasteiger partial charge in [-0.2, -0.15) is 0 Å². The normalized spacial score (nSPS) is 39.3. The Morgan fingerprint density at radius 1 is 1.29 bits per heavy atom. The molecule has 0 aromatic carbocycles. The first-order chi connectivity index (χ1) is 14.7. The molecule has 2 bridgehead atoms. The number of aldehydes is 1. The number of hydrogen-bond donors (Lipinski definition) is 1. The number of carbonyl (C=O) groups is 2. The SMILES string of the molecule is CCCCOCCCCC1C(C)C(F)CC1[C@@]1(C=O)CC2C=C(C(C)C)[C@@]1(C(=O)O)C2. The Bertz CT molecular complexity index is 689. The van der Waals surface area contributed by atoms with Crippen molar-refractivity contribution >= 4 is 12.3 Å². The second-order valence-electron chi connectivity index (χ2n) is 10.7. The van der Waals surface area contributed by atoms with Gasteiger partial charge in [0.2, 0.25) is 0 Å². The summed E-state index contributed by atoms with van der Waals surface area (Å²) in [6.07, 6.45) is 8.30. The van der Waals surface area contributed by atoms with Crippen molar-refractivity contribution in [1.82, 2.24) is 0 Å². The van der Waals surface area contributed by atoms with Crippen molar-refractivity contribution in [3.8, 4) is 0 Å². The van der Waals surface area contributed by atoms with Crippen LogP contribution in [0.1, 0.15) is 79.1 Å². The summed E-state index contributed by atoms with van der Waals surface area (Å²) < 4.78 is 20.7. The molecule has 3 aliphatic rings. The van der Waals surface area contributed by atoms with Crippen molar-refractivity contribution in [2.24, 2.45) is 40.4 Å². The summed E-state index contributed by atoms with van der Waals surface area (Å²) in [5.74, 6) is -1.02. The maximum absolute atomic E-state index is 15.0. The Labute approximate surface area is 187 Å². The maximum atomic E-state index is 15.0. The van der Waals surface area contributed by atoms with Gasteiger partial charge < -0.3 is 14.6 Å². The Balaban J connectivity index is 1.81. The summed E-state index contributed by atoms with van der Waals surface area (Å²) in [7, 11) is 0. The highest BCUT2D eigenvalue weighted by Gasteiger charge is 2.71. The van der Waals surface area contributed by atoms with E-state index in [1.165, 1.54) is 0 Å². The summed E-state index contributed by atoms with van der Waals surface area (Å²) in [6.45, 7) is 9.61. The van der Waals surface area contributed by atoms with E-state index in [9.17, 15) is 14.7 Å². The van der Waals surface area contributed by atoms with Crippen LogP contribution < -0.4 is 0 Å². The summed E-state index contributed by atoms with van der Waals surface area (Å²) in [4.78, 5) is 25.6. The molecular weight excluding hydrogens is 395 g/mol. The van der Waals surface area contributed by atoms with Gasteiger partial charge in [-0.25, -0.2) is 4.39 Å². The standard InChI is InChI=1S/C26H41FO4/c1-5-6-10-31-11-8-7-9-20-18(4)23(27)13-22(20)25(16-28)14-19-12-21(17(2)3)26(25,15-19)24(29)30/h12,16-20,22-23H,5-11,13-15H2,1-4H3,(H,29,30)/t18?,19?,20?,22?,23?,25-,26+/m0/s1. The van der Waals surface area contributed by atoms with Crippen molar-refractivity contribution in [1.29, 1.82) is 0 Å². The van der Waals surface area contributed by atoms with Gasteiger partial charge in [0.25, 0.3) is 0 Å².